The molecular formula is C18H29NO. The van der Waals surface area contributed by atoms with Crippen LogP contribution in [0.5, 0.6) is 0 Å². The average Bonchev–Trinajstić information content (AvgIpc) is 2.78. The maximum Gasteiger partial charge on any atom is 0.117 e. The normalized spacial score (nSPS) is 54.6. The van der Waals surface area contributed by atoms with Gasteiger partial charge in [0, 0.05) is 6.42 Å². The van der Waals surface area contributed by atoms with E-state index in [-0.39, 0.29) is 0 Å². The lowest BCUT2D eigenvalue weighted by Gasteiger charge is -2.53. The van der Waals surface area contributed by atoms with Gasteiger partial charge in [-0.05, 0) is 74.0 Å². The van der Waals surface area contributed by atoms with Crippen molar-refractivity contribution >= 4 is 0 Å². The van der Waals surface area contributed by atoms with E-state index in [1.54, 1.807) is 0 Å². The molecule has 3 saturated carbocycles. The minimum atomic E-state index is -0.925. The van der Waals surface area contributed by atoms with Gasteiger partial charge in [-0.3, -0.25) is 0 Å². The zero-order valence-electron chi connectivity index (χ0n) is 12.8. The maximum atomic E-state index is 10.1. The van der Waals surface area contributed by atoms with Crippen molar-refractivity contribution in [3.05, 3.63) is 11.6 Å². The summed E-state index contributed by atoms with van der Waals surface area (Å²) in [6.07, 6.45) is 13.6. The van der Waals surface area contributed by atoms with E-state index in [0.29, 0.717) is 5.41 Å². The third-order valence-electron chi connectivity index (χ3n) is 7.32. The molecule has 2 nitrogen and oxygen atoms in total. The van der Waals surface area contributed by atoms with Gasteiger partial charge in [0.05, 0.1) is 0 Å². The van der Waals surface area contributed by atoms with Crippen molar-refractivity contribution in [2.45, 2.75) is 70.4 Å². The van der Waals surface area contributed by atoms with E-state index in [4.69, 9.17) is 5.73 Å². The summed E-state index contributed by atoms with van der Waals surface area (Å²) >= 11 is 0. The standard InChI is InChI=1S/C18H29NO/c1-17-8-2-3-16(17)15-5-4-12-11-18(19,20)10-7-13(12)14(15)6-9-17/h4,13-16,20H,2-3,5-11,19H2,1H3/t13-,14+,15+,16-,17-,18?/m0/s1. The van der Waals surface area contributed by atoms with Crippen molar-refractivity contribution < 1.29 is 5.11 Å². The minimum Gasteiger partial charge on any atom is -0.376 e. The van der Waals surface area contributed by atoms with E-state index >= 15 is 0 Å². The second-order valence-electron chi connectivity index (χ2n) is 8.46. The highest BCUT2D eigenvalue weighted by molar-refractivity contribution is 5.21. The van der Waals surface area contributed by atoms with E-state index in [2.05, 4.69) is 13.0 Å². The average molecular weight is 275 g/mol. The highest BCUT2D eigenvalue weighted by atomic mass is 16.3. The Bertz CT molecular complexity index is 441. The summed E-state index contributed by atoms with van der Waals surface area (Å²) < 4.78 is 0. The largest absolute Gasteiger partial charge is 0.376 e. The molecule has 0 aromatic heterocycles. The van der Waals surface area contributed by atoms with Crippen LogP contribution in [-0.4, -0.2) is 10.8 Å². The fourth-order valence-corrected chi connectivity index (χ4v) is 6.31. The number of rotatable bonds is 0. The molecule has 0 aromatic carbocycles. The van der Waals surface area contributed by atoms with Crippen molar-refractivity contribution in [2.24, 2.45) is 34.8 Å². The predicted molar refractivity (Wildman–Crippen MR) is 80.8 cm³/mol. The first-order valence-electron chi connectivity index (χ1n) is 8.69. The summed E-state index contributed by atoms with van der Waals surface area (Å²) in [5.74, 6) is 3.52. The molecule has 112 valence electrons. The molecule has 6 atom stereocenters. The van der Waals surface area contributed by atoms with Crippen LogP contribution in [0.2, 0.25) is 0 Å². The molecule has 0 saturated heterocycles. The summed E-state index contributed by atoms with van der Waals surface area (Å²) in [6.45, 7) is 2.56. The number of aliphatic hydroxyl groups is 1. The third kappa shape index (κ3) is 1.91. The molecule has 4 rings (SSSR count). The maximum absolute atomic E-state index is 10.1. The van der Waals surface area contributed by atoms with Crippen molar-refractivity contribution in [2.75, 3.05) is 0 Å². The predicted octanol–water partition coefficient (Wildman–Crippen LogP) is 3.60. The molecule has 3 fully saturated rings. The van der Waals surface area contributed by atoms with Crippen LogP contribution in [0.1, 0.15) is 64.7 Å². The van der Waals surface area contributed by atoms with Crippen molar-refractivity contribution in [3.63, 3.8) is 0 Å². The topological polar surface area (TPSA) is 46.2 Å². The lowest BCUT2D eigenvalue weighted by Crippen LogP contribution is -2.49. The van der Waals surface area contributed by atoms with Crippen LogP contribution >= 0.6 is 0 Å². The Kier molecular flexibility index (Phi) is 2.89. The summed E-state index contributed by atoms with van der Waals surface area (Å²) in [5, 5.41) is 10.1. The van der Waals surface area contributed by atoms with Crippen LogP contribution < -0.4 is 5.73 Å². The molecule has 2 heteroatoms. The highest BCUT2D eigenvalue weighted by Gasteiger charge is 2.52. The molecule has 0 heterocycles. The first-order valence-corrected chi connectivity index (χ1v) is 8.69. The molecule has 0 aliphatic heterocycles. The Morgan fingerprint density at radius 1 is 1.15 bits per heavy atom. The first kappa shape index (κ1) is 13.3. The van der Waals surface area contributed by atoms with Gasteiger partial charge < -0.3 is 10.8 Å². The molecule has 0 aromatic rings. The summed E-state index contributed by atoms with van der Waals surface area (Å²) in [6, 6.07) is 0. The van der Waals surface area contributed by atoms with E-state index in [0.717, 1.165) is 42.9 Å². The van der Waals surface area contributed by atoms with Gasteiger partial charge in [0.15, 0.2) is 0 Å². The monoisotopic (exact) mass is 275 g/mol. The van der Waals surface area contributed by atoms with Crippen LogP contribution in [0.3, 0.4) is 0 Å². The lowest BCUT2D eigenvalue weighted by atomic mass is 9.53. The molecular weight excluding hydrogens is 246 g/mol. The number of hydrogen-bond acceptors (Lipinski definition) is 2. The second-order valence-corrected chi connectivity index (χ2v) is 8.46. The van der Waals surface area contributed by atoms with Crippen LogP contribution in [0.15, 0.2) is 11.6 Å². The number of fused-ring (bicyclic) bond motifs is 5. The molecule has 20 heavy (non-hydrogen) atoms. The molecule has 4 aliphatic rings. The first-order chi connectivity index (χ1) is 9.49. The second kappa shape index (κ2) is 4.33. The van der Waals surface area contributed by atoms with Crippen LogP contribution in [0, 0.1) is 29.1 Å². The SMILES string of the molecule is C[C@@]12CCC[C@H]1[C@@H]1CC=C3CC(N)(O)CC[C@@H]3[C@H]1CC2. The zero-order valence-corrected chi connectivity index (χ0v) is 12.8. The van der Waals surface area contributed by atoms with Crippen LogP contribution in [0.4, 0.5) is 0 Å². The van der Waals surface area contributed by atoms with Crippen LogP contribution in [-0.2, 0) is 0 Å². The van der Waals surface area contributed by atoms with E-state index < -0.39 is 5.72 Å². The van der Waals surface area contributed by atoms with Gasteiger partial charge >= 0.3 is 0 Å². The fourth-order valence-electron chi connectivity index (χ4n) is 6.31. The minimum absolute atomic E-state index is 0.649. The summed E-state index contributed by atoms with van der Waals surface area (Å²) in [7, 11) is 0. The Hall–Kier alpha value is -0.340. The molecule has 0 radical (unpaired) electrons. The third-order valence-corrected chi connectivity index (χ3v) is 7.32. The van der Waals surface area contributed by atoms with Crippen molar-refractivity contribution in [1.29, 1.82) is 0 Å². The van der Waals surface area contributed by atoms with Crippen LogP contribution in [0.25, 0.3) is 0 Å². The number of hydrogen-bond donors (Lipinski definition) is 2. The van der Waals surface area contributed by atoms with E-state index in [1.165, 1.54) is 44.1 Å². The molecule has 3 N–H and O–H groups in total. The van der Waals surface area contributed by atoms with Gasteiger partial charge in [0.2, 0.25) is 0 Å². The summed E-state index contributed by atoms with van der Waals surface area (Å²) in [4.78, 5) is 0. The van der Waals surface area contributed by atoms with Crippen molar-refractivity contribution in [1.82, 2.24) is 0 Å². The van der Waals surface area contributed by atoms with E-state index in [1.807, 2.05) is 0 Å². The zero-order chi connectivity index (χ0) is 14.0. The molecule has 1 unspecified atom stereocenters. The number of nitrogens with two attached hydrogens (primary N) is 1. The molecule has 0 spiro atoms. The Balaban J connectivity index is 1.61. The van der Waals surface area contributed by atoms with Crippen molar-refractivity contribution in [3.8, 4) is 0 Å². The van der Waals surface area contributed by atoms with Gasteiger partial charge in [0.1, 0.15) is 5.72 Å². The van der Waals surface area contributed by atoms with Gasteiger partial charge in [-0.2, -0.15) is 0 Å². The molecule has 0 bridgehead atoms. The lowest BCUT2D eigenvalue weighted by molar-refractivity contribution is -0.0261. The molecule has 0 amide bonds. The molecule has 4 aliphatic carbocycles. The smallest absolute Gasteiger partial charge is 0.117 e. The quantitative estimate of drug-likeness (QED) is 0.524. The highest BCUT2D eigenvalue weighted by Crippen LogP contribution is 2.61. The van der Waals surface area contributed by atoms with Gasteiger partial charge in [0.25, 0.3) is 0 Å². The Labute approximate surface area is 122 Å². The summed E-state index contributed by atoms with van der Waals surface area (Å²) in [5.41, 5.74) is 7.19. The van der Waals surface area contributed by atoms with Gasteiger partial charge in [-0.1, -0.05) is 25.0 Å². The Morgan fingerprint density at radius 3 is 2.85 bits per heavy atom. The Morgan fingerprint density at radius 2 is 2.00 bits per heavy atom. The van der Waals surface area contributed by atoms with Gasteiger partial charge in [-0.15, -0.1) is 0 Å². The fraction of sp³-hybridized carbons (Fsp3) is 0.889. The van der Waals surface area contributed by atoms with Gasteiger partial charge in [-0.25, -0.2) is 0 Å². The number of allylic oxidation sites excluding steroid dienone is 1. The van der Waals surface area contributed by atoms with E-state index in [9.17, 15) is 5.11 Å².